The molecule has 0 unspecified atom stereocenters. The van der Waals surface area contributed by atoms with Crippen molar-refractivity contribution in [3.8, 4) is 0 Å². The number of benzene rings is 1. The van der Waals surface area contributed by atoms with Crippen LogP contribution >= 0.6 is 11.3 Å². The first-order valence-electron chi connectivity index (χ1n) is 4.56. The van der Waals surface area contributed by atoms with Crippen LogP contribution in [0.1, 0.15) is 0 Å². The summed E-state index contributed by atoms with van der Waals surface area (Å²) in [6.45, 7) is 0.0544. The number of ether oxygens (including phenoxy) is 1. The molecule has 1 aromatic carbocycles. The number of nitrogens with one attached hydrogen (secondary N) is 1. The Morgan fingerprint density at radius 2 is 2.44 bits per heavy atom. The van der Waals surface area contributed by atoms with Crippen molar-refractivity contribution in [3.05, 3.63) is 24.0 Å². The first-order chi connectivity index (χ1) is 7.69. The Morgan fingerprint density at radius 3 is 3.19 bits per heavy atom. The van der Waals surface area contributed by atoms with Crippen LogP contribution in [-0.4, -0.2) is 24.6 Å². The van der Waals surface area contributed by atoms with Crippen LogP contribution in [0.3, 0.4) is 0 Å². The van der Waals surface area contributed by atoms with Gasteiger partial charge in [0.1, 0.15) is 12.4 Å². The maximum absolute atomic E-state index is 12.9. The number of carbonyl (C=O) groups excluding carboxylic acids is 1. The SMILES string of the molecule is COC(=O)CNc1nc2ccc(F)cc2s1. The van der Waals surface area contributed by atoms with E-state index in [-0.39, 0.29) is 18.3 Å². The minimum absolute atomic E-state index is 0.0544. The van der Waals surface area contributed by atoms with Gasteiger partial charge < -0.3 is 10.1 Å². The van der Waals surface area contributed by atoms with Gasteiger partial charge in [0.2, 0.25) is 0 Å². The normalized spacial score (nSPS) is 10.4. The fourth-order valence-corrected chi connectivity index (χ4v) is 2.08. The molecule has 2 aromatic rings. The lowest BCUT2D eigenvalue weighted by molar-refractivity contribution is -0.138. The van der Waals surface area contributed by atoms with Crippen LogP contribution in [-0.2, 0) is 9.53 Å². The van der Waals surface area contributed by atoms with Gasteiger partial charge in [-0.05, 0) is 18.2 Å². The summed E-state index contributed by atoms with van der Waals surface area (Å²) in [6, 6.07) is 4.37. The van der Waals surface area contributed by atoms with Crippen LogP contribution in [0.5, 0.6) is 0 Å². The molecule has 0 saturated heterocycles. The largest absolute Gasteiger partial charge is 0.468 e. The molecular weight excluding hydrogens is 231 g/mol. The highest BCUT2D eigenvalue weighted by Gasteiger charge is 2.06. The van der Waals surface area contributed by atoms with Crippen molar-refractivity contribution in [1.82, 2.24) is 4.98 Å². The summed E-state index contributed by atoms with van der Waals surface area (Å²) in [4.78, 5) is 15.1. The summed E-state index contributed by atoms with van der Waals surface area (Å²) in [5, 5.41) is 3.39. The number of esters is 1. The zero-order valence-corrected chi connectivity index (χ0v) is 9.31. The van der Waals surface area contributed by atoms with E-state index in [9.17, 15) is 9.18 Å². The number of thiazole rings is 1. The van der Waals surface area contributed by atoms with E-state index < -0.39 is 0 Å². The van der Waals surface area contributed by atoms with Crippen molar-refractivity contribution in [2.45, 2.75) is 0 Å². The molecule has 0 atom stereocenters. The number of hydrogen-bond donors (Lipinski definition) is 1. The lowest BCUT2D eigenvalue weighted by Crippen LogP contribution is -2.14. The van der Waals surface area contributed by atoms with E-state index in [0.717, 1.165) is 4.70 Å². The van der Waals surface area contributed by atoms with Gasteiger partial charge in [0.05, 0.1) is 17.3 Å². The number of methoxy groups -OCH3 is 1. The van der Waals surface area contributed by atoms with Gasteiger partial charge in [-0.1, -0.05) is 11.3 Å². The molecular formula is C10H9FN2O2S. The van der Waals surface area contributed by atoms with E-state index in [1.165, 1.54) is 30.6 Å². The molecule has 4 nitrogen and oxygen atoms in total. The molecule has 0 fully saturated rings. The molecule has 84 valence electrons. The molecule has 0 amide bonds. The van der Waals surface area contributed by atoms with Crippen molar-refractivity contribution in [1.29, 1.82) is 0 Å². The van der Waals surface area contributed by atoms with E-state index in [1.807, 2.05) is 0 Å². The van der Waals surface area contributed by atoms with Crippen molar-refractivity contribution in [2.24, 2.45) is 0 Å². The number of hydrogen-bond acceptors (Lipinski definition) is 5. The van der Waals surface area contributed by atoms with Crippen LogP contribution in [0.4, 0.5) is 9.52 Å². The monoisotopic (exact) mass is 240 g/mol. The van der Waals surface area contributed by atoms with Gasteiger partial charge in [0, 0.05) is 0 Å². The number of carbonyl (C=O) groups is 1. The highest BCUT2D eigenvalue weighted by atomic mass is 32.1. The standard InChI is InChI=1S/C10H9FN2O2S/c1-15-9(14)5-12-10-13-7-3-2-6(11)4-8(7)16-10/h2-4H,5H2,1H3,(H,12,13). The Bertz CT molecular complexity index is 527. The molecule has 0 aliphatic rings. The molecule has 16 heavy (non-hydrogen) atoms. The third-order valence-electron chi connectivity index (χ3n) is 1.96. The summed E-state index contributed by atoms with van der Waals surface area (Å²) in [5.41, 5.74) is 0.707. The fourth-order valence-electron chi connectivity index (χ4n) is 1.19. The predicted molar refractivity (Wildman–Crippen MR) is 60.1 cm³/mol. The first kappa shape index (κ1) is 10.8. The maximum atomic E-state index is 12.9. The Labute approximate surface area is 95.1 Å². The molecule has 0 aliphatic heterocycles. The second-order valence-electron chi connectivity index (χ2n) is 3.06. The minimum Gasteiger partial charge on any atom is -0.468 e. The fraction of sp³-hybridized carbons (Fsp3) is 0.200. The third kappa shape index (κ3) is 2.27. The van der Waals surface area contributed by atoms with Crippen LogP contribution in [0.15, 0.2) is 18.2 Å². The van der Waals surface area contributed by atoms with Crippen molar-refractivity contribution >= 4 is 32.7 Å². The minimum atomic E-state index is -0.370. The topological polar surface area (TPSA) is 51.2 Å². The predicted octanol–water partition coefficient (Wildman–Crippen LogP) is 2.02. The average molecular weight is 240 g/mol. The average Bonchev–Trinajstić information content (AvgIpc) is 2.67. The molecule has 6 heteroatoms. The molecule has 0 bridgehead atoms. The molecule has 0 radical (unpaired) electrons. The van der Waals surface area contributed by atoms with Crippen LogP contribution in [0.2, 0.25) is 0 Å². The van der Waals surface area contributed by atoms with Gasteiger partial charge in [-0.2, -0.15) is 0 Å². The molecule has 0 saturated carbocycles. The van der Waals surface area contributed by atoms with Crippen molar-refractivity contribution < 1.29 is 13.9 Å². The third-order valence-corrected chi connectivity index (χ3v) is 2.94. The molecule has 1 N–H and O–H groups in total. The van der Waals surface area contributed by atoms with Crippen molar-refractivity contribution in [3.63, 3.8) is 0 Å². The second-order valence-corrected chi connectivity index (χ2v) is 4.09. The zero-order chi connectivity index (χ0) is 11.5. The molecule has 1 heterocycles. The Hall–Kier alpha value is -1.69. The number of fused-ring (bicyclic) bond motifs is 1. The summed E-state index contributed by atoms with van der Waals surface area (Å²) in [6.07, 6.45) is 0. The van der Waals surface area contributed by atoms with Gasteiger partial charge in [0.25, 0.3) is 0 Å². The summed E-state index contributed by atoms with van der Waals surface area (Å²) in [7, 11) is 1.32. The Kier molecular flexibility index (Phi) is 3.00. The van der Waals surface area contributed by atoms with Gasteiger partial charge in [0.15, 0.2) is 5.13 Å². The number of nitrogens with zero attached hydrogens (tertiary/aromatic N) is 1. The smallest absolute Gasteiger partial charge is 0.325 e. The van der Waals surface area contributed by atoms with Gasteiger partial charge >= 0.3 is 5.97 Å². The number of rotatable bonds is 3. The lowest BCUT2D eigenvalue weighted by atomic mass is 10.3. The quantitative estimate of drug-likeness (QED) is 0.834. The highest BCUT2D eigenvalue weighted by molar-refractivity contribution is 7.22. The molecule has 0 aliphatic carbocycles. The Balaban J connectivity index is 2.16. The summed E-state index contributed by atoms with van der Waals surface area (Å²) >= 11 is 1.29. The van der Waals surface area contributed by atoms with Crippen LogP contribution in [0, 0.1) is 5.82 Å². The van der Waals surface area contributed by atoms with E-state index in [0.29, 0.717) is 10.6 Å². The van der Waals surface area contributed by atoms with Crippen LogP contribution < -0.4 is 5.32 Å². The Morgan fingerprint density at radius 1 is 1.62 bits per heavy atom. The second kappa shape index (κ2) is 4.44. The molecule has 2 rings (SSSR count). The van der Waals surface area contributed by atoms with E-state index in [2.05, 4.69) is 15.0 Å². The van der Waals surface area contributed by atoms with E-state index in [4.69, 9.17) is 0 Å². The number of anilines is 1. The number of aromatic nitrogens is 1. The number of halogens is 1. The first-order valence-corrected chi connectivity index (χ1v) is 5.37. The van der Waals surface area contributed by atoms with Gasteiger partial charge in [-0.3, -0.25) is 4.79 Å². The van der Waals surface area contributed by atoms with E-state index >= 15 is 0 Å². The zero-order valence-electron chi connectivity index (χ0n) is 8.49. The highest BCUT2D eigenvalue weighted by Crippen LogP contribution is 2.26. The van der Waals surface area contributed by atoms with Crippen molar-refractivity contribution in [2.75, 3.05) is 19.0 Å². The summed E-state index contributed by atoms with van der Waals surface area (Å²) in [5.74, 6) is -0.666. The van der Waals surface area contributed by atoms with Gasteiger partial charge in [-0.15, -0.1) is 0 Å². The lowest BCUT2D eigenvalue weighted by Gasteiger charge is -1.98. The summed E-state index contributed by atoms with van der Waals surface area (Å²) < 4.78 is 18.1. The van der Waals surface area contributed by atoms with Crippen LogP contribution in [0.25, 0.3) is 10.2 Å². The van der Waals surface area contributed by atoms with E-state index in [1.54, 1.807) is 6.07 Å². The molecule has 0 spiro atoms. The molecule has 1 aromatic heterocycles. The van der Waals surface area contributed by atoms with Gasteiger partial charge in [-0.25, -0.2) is 9.37 Å². The maximum Gasteiger partial charge on any atom is 0.325 e.